The molecule has 0 heterocycles. The predicted molar refractivity (Wildman–Crippen MR) is 49.5 cm³/mol. The number of hydrogen-bond donors (Lipinski definition) is 1. The Morgan fingerprint density at radius 1 is 1.50 bits per heavy atom. The van der Waals surface area contributed by atoms with E-state index in [1.807, 2.05) is 0 Å². The summed E-state index contributed by atoms with van der Waals surface area (Å²) in [6.45, 7) is 2.28. The molecular weight excluding hydrogens is 140 g/mol. The second-order valence-corrected chi connectivity index (χ2v) is 3.57. The second kappa shape index (κ2) is 3.29. The highest BCUT2D eigenvalue weighted by Crippen LogP contribution is 2.30. The smallest absolute Gasteiger partial charge is 0.00896 e. The third-order valence-corrected chi connectivity index (χ3v) is 2.24. The second-order valence-electron chi connectivity index (χ2n) is 3.12. The molecule has 0 nitrogen and oxygen atoms in total. The lowest BCUT2D eigenvalue weighted by Crippen LogP contribution is -2.13. The Kier molecular flexibility index (Phi) is 2.61. The van der Waals surface area contributed by atoms with Crippen molar-refractivity contribution in [1.82, 2.24) is 0 Å². The number of hydrogen-bond acceptors (Lipinski definition) is 1. The summed E-state index contributed by atoms with van der Waals surface area (Å²) in [4.78, 5) is 0. The summed E-state index contributed by atoms with van der Waals surface area (Å²) in [5, 5.41) is 0. The molecule has 0 bridgehead atoms. The zero-order valence-corrected chi connectivity index (χ0v) is 7.27. The minimum atomic E-state index is 0.385. The van der Waals surface area contributed by atoms with Crippen molar-refractivity contribution >= 4 is 12.6 Å². The maximum absolute atomic E-state index is 4.23. The number of rotatable bonds is 2. The molecule has 1 aliphatic rings. The van der Waals surface area contributed by atoms with Crippen molar-refractivity contribution in [2.24, 2.45) is 5.41 Å². The lowest BCUT2D eigenvalue weighted by Gasteiger charge is -2.25. The summed E-state index contributed by atoms with van der Waals surface area (Å²) < 4.78 is 0. The van der Waals surface area contributed by atoms with Crippen LogP contribution in [0.4, 0.5) is 0 Å². The quantitative estimate of drug-likeness (QED) is 0.581. The molecule has 0 fully saturated rings. The molecular formula is C9H14S. The van der Waals surface area contributed by atoms with Gasteiger partial charge in [-0.05, 0) is 24.0 Å². The van der Waals surface area contributed by atoms with E-state index in [1.54, 1.807) is 0 Å². The topological polar surface area (TPSA) is 0 Å². The van der Waals surface area contributed by atoms with Crippen molar-refractivity contribution in [3.05, 3.63) is 24.3 Å². The molecule has 1 aliphatic carbocycles. The van der Waals surface area contributed by atoms with Gasteiger partial charge < -0.3 is 0 Å². The zero-order valence-electron chi connectivity index (χ0n) is 6.38. The van der Waals surface area contributed by atoms with Crippen molar-refractivity contribution < 1.29 is 0 Å². The lowest BCUT2D eigenvalue weighted by molar-refractivity contribution is 0.418. The fourth-order valence-corrected chi connectivity index (χ4v) is 1.72. The summed E-state index contributed by atoms with van der Waals surface area (Å²) in [7, 11) is 0. The molecule has 0 saturated carbocycles. The highest BCUT2D eigenvalue weighted by Gasteiger charge is 2.18. The van der Waals surface area contributed by atoms with Gasteiger partial charge in [0, 0.05) is 0 Å². The normalized spacial score (nSPS) is 31.0. The third-order valence-electron chi connectivity index (χ3n) is 2.01. The summed E-state index contributed by atoms with van der Waals surface area (Å²) in [5.41, 5.74) is 0.385. The number of allylic oxidation sites excluding steroid dienone is 4. The zero-order chi connectivity index (χ0) is 7.45. The third kappa shape index (κ3) is 1.91. The van der Waals surface area contributed by atoms with Gasteiger partial charge in [0.05, 0.1) is 0 Å². The van der Waals surface area contributed by atoms with E-state index < -0.39 is 0 Å². The molecule has 10 heavy (non-hydrogen) atoms. The standard InChI is InChI=1S/C9H14S/c1-9(7-8-10)5-3-2-4-6-9/h2-5,10H,6-8H2,1H3. The Hall–Kier alpha value is -0.170. The van der Waals surface area contributed by atoms with Crippen molar-refractivity contribution in [2.45, 2.75) is 19.8 Å². The van der Waals surface area contributed by atoms with Crippen LogP contribution in [0.1, 0.15) is 19.8 Å². The van der Waals surface area contributed by atoms with Crippen LogP contribution in [0.15, 0.2) is 24.3 Å². The molecule has 0 radical (unpaired) electrons. The fraction of sp³-hybridized carbons (Fsp3) is 0.556. The van der Waals surface area contributed by atoms with E-state index in [0.717, 1.165) is 5.75 Å². The van der Waals surface area contributed by atoms with Gasteiger partial charge in [0.15, 0.2) is 0 Å². The van der Waals surface area contributed by atoms with Gasteiger partial charge in [-0.2, -0.15) is 12.6 Å². The Balaban J connectivity index is 2.52. The molecule has 56 valence electrons. The van der Waals surface area contributed by atoms with Crippen LogP contribution in [0.3, 0.4) is 0 Å². The largest absolute Gasteiger partial charge is 0.179 e. The molecule has 0 aromatic rings. The van der Waals surface area contributed by atoms with Gasteiger partial charge in [-0.1, -0.05) is 31.2 Å². The number of thiol groups is 1. The van der Waals surface area contributed by atoms with Gasteiger partial charge in [-0.25, -0.2) is 0 Å². The van der Waals surface area contributed by atoms with Crippen LogP contribution < -0.4 is 0 Å². The summed E-state index contributed by atoms with van der Waals surface area (Å²) in [6, 6.07) is 0. The van der Waals surface area contributed by atoms with Crippen LogP contribution in [-0.2, 0) is 0 Å². The summed E-state index contributed by atoms with van der Waals surface area (Å²) in [6.07, 6.45) is 11.1. The Labute approximate surface area is 68.4 Å². The SMILES string of the molecule is CC1(CCS)C=CC=CC1. The van der Waals surface area contributed by atoms with E-state index in [0.29, 0.717) is 5.41 Å². The maximum atomic E-state index is 4.23. The molecule has 0 amide bonds. The van der Waals surface area contributed by atoms with Crippen LogP contribution in [0.25, 0.3) is 0 Å². The van der Waals surface area contributed by atoms with Crippen molar-refractivity contribution in [3.8, 4) is 0 Å². The average Bonchev–Trinajstić information content (AvgIpc) is 1.89. The molecule has 0 spiro atoms. The summed E-state index contributed by atoms with van der Waals surface area (Å²) in [5.74, 6) is 0.981. The van der Waals surface area contributed by atoms with E-state index in [9.17, 15) is 0 Å². The highest BCUT2D eigenvalue weighted by atomic mass is 32.1. The van der Waals surface area contributed by atoms with E-state index in [-0.39, 0.29) is 0 Å². The average molecular weight is 154 g/mol. The molecule has 0 aromatic heterocycles. The van der Waals surface area contributed by atoms with Gasteiger partial charge in [0.2, 0.25) is 0 Å². The van der Waals surface area contributed by atoms with Crippen molar-refractivity contribution in [3.63, 3.8) is 0 Å². The predicted octanol–water partition coefficient (Wildman–Crippen LogP) is 2.83. The molecule has 0 aromatic carbocycles. The molecule has 1 rings (SSSR count). The van der Waals surface area contributed by atoms with Crippen LogP contribution in [0, 0.1) is 5.41 Å². The monoisotopic (exact) mass is 154 g/mol. The fourth-order valence-electron chi connectivity index (χ4n) is 1.21. The van der Waals surface area contributed by atoms with Crippen molar-refractivity contribution in [1.29, 1.82) is 0 Å². The van der Waals surface area contributed by atoms with E-state index in [1.165, 1.54) is 12.8 Å². The van der Waals surface area contributed by atoms with Gasteiger partial charge in [-0.15, -0.1) is 0 Å². The van der Waals surface area contributed by atoms with Gasteiger partial charge in [-0.3, -0.25) is 0 Å². The molecule has 0 saturated heterocycles. The van der Waals surface area contributed by atoms with Crippen LogP contribution >= 0.6 is 12.6 Å². The molecule has 0 aliphatic heterocycles. The van der Waals surface area contributed by atoms with Gasteiger partial charge >= 0.3 is 0 Å². The van der Waals surface area contributed by atoms with Crippen LogP contribution in [0.5, 0.6) is 0 Å². The first-order valence-electron chi connectivity index (χ1n) is 3.72. The van der Waals surface area contributed by atoms with E-state index in [4.69, 9.17) is 0 Å². The van der Waals surface area contributed by atoms with Crippen molar-refractivity contribution in [2.75, 3.05) is 5.75 Å². The molecule has 1 atom stereocenters. The summed E-state index contributed by atoms with van der Waals surface area (Å²) >= 11 is 4.23. The van der Waals surface area contributed by atoms with Crippen LogP contribution in [0.2, 0.25) is 0 Å². The lowest BCUT2D eigenvalue weighted by atomic mass is 9.81. The minimum absolute atomic E-state index is 0.385. The van der Waals surface area contributed by atoms with E-state index >= 15 is 0 Å². The Bertz CT molecular complexity index is 158. The molecule has 1 unspecified atom stereocenters. The highest BCUT2D eigenvalue weighted by molar-refractivity contribution is 7.80. The van der Waals surface area contributed by atoms with Crippen LogP contribution in [-0.4, -0.2) is 5.75 Å². The first kappa shape index (κ1) is 7.93. The minimum Gasteiger partial charge on any atom is -0.179 e. The molecule has 1 heteroatoms. The van der Waals surface area contributed by atoms with Gasteiger partial charge in [0.25, 0.3) is 0 Å². The Morgan fingerprint density at radius 2 is 2.30 bits per heavy atom. The Morgan fingerprint density at radius 3 is 2.80 bits per heavy atom. The molecule has 0 N–H and O–H groups in total. The maximum Gasteiger partial charge on any atom is -0.00896 e. The first-order valence-corrected chi connectivity index (χ1v) is 4.35. The van der Waals surface area contributed by atoms with E-state index in [2.05, 4.69) is 43.9 Å². The first-order chi connectivity index (χ1) is 4.77. The van der Waals surface area contributed by atoms with Gasteiger partial charge in [0.1, 0.15) is 0 Å².